The Hall–Kier alpha value is -2.31. The molecule has 0 unspecified atom stereocenters. The van der Waals surface area contributed by atoms with Crippen molar-refractivity contribution in [2.24, 2.45) is 0 Å². The van der Waals surface area contributed by atoms with E-state index < -0.39 is 0 Å². The van der Waals surface area contributed by atoms with Gasteiger partial charge in [0.15, 0.2) is 0 Å². The number of hydrogen-bond acceptors (Lipinski definition) is 5. The van der Waals surface area contributed by atoms with Gasteiger partial charge in [0.1, 0.15) is 11.5 Å². The van der Waals surface area contributed by atoms with Crippen LogP contribution in [-0.4, -0.2) is 50.3 Å². The van der Waals surface area contributed by atoms with Crippen molar-refractivity contribution in [3.8, 4) is 22.6 Å². The second-order valence-corrected chi connectivity index (χ2v) is 6.71. The summed E-state index contributed by atoms with van der Waals surface area (Å²) in [5.74, 6) is 1.61. The fraction of sp³-hybridized carbons (Fsp3) is 0.450. The topological polar surface area (TPSA) is 66.6 Å². The summed E-state index contributed by atoms with van der Waals surface area (Å²) in [6.45, 7) is 8.52. The highest BCUT2D eigenvalue weighted by Crippen LogP contribution is 2.36. The van der Waals surface area contributed by atoms with Crippen LogP contribution in [0.15, 0.2) is 23.0 Å². The third-order valence-electron chi connectivity index (χ3n) is 4.93. The molecule has 2 aromatic rings. The first-order valence-electron chi connectivity index (χ1n) is 8.92. The van der Waals surface area contributed by atoms with Crippen LogP contribution in [0.2, 0.25) is 0 Å². The van der Waals surface area contributed by atoms with Crippen LogP contribution in [0.1, 0.15) is 16.8 Å². The average molecular weight is 357 g/mol. The Kier molecular flexibility index (Phi) is 5.64. The van der Waals surface area contributed by atoms with Crippen LogP contribution in [-0.2, 0) is 6.54 Å². The number of nitrogens with zero attached hydrogens (tertiary/aromatic N) is 1. The number of aryl methyl sites for hydroxylation is 2. The summed E-state index contributed by atoms with van der Waals surface area (Å²) in [7, 11) is 3.37. The molecule has 1 saturated heterocycles. The van der Waals surface area contributed by atoms with Gasteiger partial charge in [-0.1, -0.05) is 0 Å². The number of nitrogens with one attached hydrogen (secondary N) is 2. The maximum absolute atomic E-state index is 11.8. The third kappa shape index (κ3) is 3.76. The van der Waals surface area contributed by atoms with Gasteiger partial charge in [0.25, 0.3) is 5.56 Å². The summed E-state index contributed by atoms with van der Waals surface area (Å²) >= 11 is 0. The molecule has 6 nitrogen and oxygen atoms in total. The maximum Gasteiger partial charge on any atom is 0.251 e. The van der Waals surface area contributed by atoms with Crippen molar-refractivity contribution >= 4 is 0 Å². The molecule has 1 aromatic heterocycles. The highest BCUT2D eigenvalue weighted by molar-refractivity contribution is 5.71. The first-order valence-corrected chi connectivity index (χ1v) is 8.92. The Morgan fingerprint density at radius 3 is 2.23 bits per heavy atom. The summed E-state index contributed by atoms with van der Waals surface area (Å²) in [6, 6.07) is 5.97. The van der Waals surface area contributed by atoms with E-state index in [0.717, 1.165) is 66.6 Å². The molecule has 1 aromatic carbocycles. The van der Waals surface area contributed by atoms with Crippen molar-refractivity contribution in [1.82, 2.24) is 15.2 Å². The maximum atomic E-state index is 11.8. The van der Waals surface area contributed by atoms with E-state index in [1.54, 1.807) is 14.2 Å². The molecule has 0 bridgehead atoms. The van der Waals surface area contributed by atoms with Crippen LogP contribution in [0.25, 0.3) is 11.1 Å². The van der Waals surface area contributed by atoms with Gasteiger partial charge < -0.3 is 19.8 Å². The second-order valence-electron chi connectivity index (χ2n) is 6.71. The summed E-state index contributed by atoms with van der Waals surface area (Å²) in [5, 5.41) is 3.37. The zero-order valence-electron chi connectivity index (χ0n) is 15.9. The van der Waals surface area contributed by atoms with Gasteiger partial charge in [-0.15, -0.1) is 0 Å². The van der Waals surface area contributed by atoms with Crippen molar-refractivity contribution in [2.75, 3.05) is 40.4 Å². The number of aromatic nitrogens is 1. The lowest BCUT2D eigenvalue weighted by molar-refractivity contribution is 0.226. The number of pyridine rings is 1. The number of piperazine rings is 1. The Morgan fingerprint density at radius 1 is 1.04 bits per heavy atom. The van der Waals surface area contributed by atoms with Gasteiger partial charge in [-0.05, 0) is 37.6 Å². The summed E-state index contributed by atoms with van der Waals surface area (Å²) in [6.07, 6.45) is 0. The van der Waals surface area contributed by atoms with E-state index in [4.69, 9.17) is 9.47 Å². The van der Waals surface area contributed by atoms with Gasteiger partial charge in [-0.3, -0.25) is 9.69 Å². The molecule has 0 atom stereocenters. The zero-order chi connectivity index (χ0) is 18.7. The van der Waals surface area contributed by atoms with E-state index in [2.05, 4.69) is 15.2 Å². The van der Waals surface area contributed by atoms with Crippen molar-refractivity contribution in [3.63, 3.8) is 0 Å². The van der Waals surface area contributed by atoms with Gasteiger partial charge in [-0.2, -0.15) is 0 Å². The molecule has 0 aliphatic carbocycles. The van der Waals surface area contributed by atoms with E-state index in [0.29, 0.717) is 5.56 Å². The lowest BCUT2D eigenvalue weighted by atomic mass is 9.99. The SMILES string of the molecule is COc1cc(-c2cc(C)c(=O)[nH]c2C)cc(OC)c1CN1CCNCC1. The smallest absolute Gasteiger partial charge is 0.251 e. The van der Waals surface area contributed by atoms with Crippen molar-refractivity contribution < 1.29 is 9.47 Å². The van der Waals surface area contributed by atoms with Crippen molar-refractivity contribution in [2.45, 2.75) is 20.4 Å². The van der Waals surface area contributed by atoms with Gasteiger partial charge in [0.05, 0.1) is 19.8 Å². The van der Waals surface area contributed by atoms with Crippen LogP contribution in [0.4, 0.5) is 0 Å². The number of rotatable bonds is 5. The van der Waals surface area contributed by atoms with Gasteiger partial charge in [0, 0.05) is 49.5 Å². The monoisotopic (exact) mass is 357 g/mol. The normalized spacial score (nSPS) is 15.1. The number of ether oxygens (including phenoxy) is 2. The number of methoxy groups -OCH3 is 2. The largest absolute Gasteiger partial charge is 0.496 e. The molecule has 26 heavy (non-hydrogen) atoms. The quantitative estimate of drug-likeness (QED) is 0.858. The molecule has 0 radical (unpaired) electrons. The van der Waals surface area contributed by atoms with Crippen molar-refractivity contribution in [1.29, 1.82) is 0 Å². The van der Waals surface area contributed by atoms with Crippen molar-refractivity contribution in [3.05, 3.63) is 45.4 Å². The van der Waals surface area contributed by atoms with E-state index >= 15 is 0 Å². The predicted molar refractivity (Wildman–Crippen MR) is 103 cm³/mol. The molecule has 6 heteroatoms. The number of aromatic amines is 1. The molecule has 0 spiro atoms. The highest BCUT2D eigenvalue weighted by atomic mass is 16.5. The van der Waals surface area contributed by atoms with Gasteiger partial charge >= 0.3 is 0 Å². The molecular formula is C20H27N3O3. The zero-order valence-corrected chi connectivity index (χ0v) is 15.9. The van der Waals surface area contributed by atoms with E-state index in [-0.39, 0.29) is 5.56 Å². The molecule has 1 aliphatic heterocycles. The minimum absolute atomic E-state index is 0.0551. The molecule has 1 aliphatic rings. The first kappa shape index (κ1) is 18.5. The third-order valence-corrected chi connectivity index (χ3v) is 4.93. The van der Waals surface area contributed by atoms with Gasteiger partial charge in [0.2, 0.25) is 0 Å². The van der Waals surface area contributed by atoms with Crippen LogP contribution < -0.4 is 20.3 Å². The van der Waals surface area contributed by atoms with Gasteiger partial charge in [-0.25, -0.2) is 0 Å². The second kappa shape index (κ2) is 7.93. The van der Waals surface area contributed by atoms with E-state index in [1.807, 2.05) is 32.0 Å². The molecule has 140 valence electrons. The molecule has 2 N–H and O–H groups in total. The summed E-state index contributed by atoms with van der Waals surface area (Å²) < 4.78 is 11.4. The molecule has 3 rings (SSSR count). The average Bonchev–Trinajstić information content (AvgIpc) is 2.65. The lowest BCUT2D eigenvalue weighted by Gasteiger charge is -2.28. The first-order chi connectivity index (χ1) is 12.5. The van der Waals surface area contributed by atoms with Crippen LogP contribution >= 0.6 is 0 Å². The lowest BCUT2D eigenvalue weighted by Crippen LogP contribution is -2.43. The predicted octanol–water partition coefficient (Wildman–Crippen LogP) is 2.08. The Bertz CT molecular complexity index is 814. The van der Waals surface area contributed by atoms with Crippen LogP contribution in [0, 0.1) is 13.8 Å². The fourth-order valence-corrected chi connectivity index (χ4v) is 3.41. The molecule has 0 amide bonds. The summed E-state index contributed by atoms with van der Waals surface area (Å²) in [5.41, 5.74) is 4.47. The minimum Gasteiger partial charge on any atom is -0.496 e. The fourth-order valence-electron chi connectivity index (χ4n) is 3.41. The van der Waals surface area contributed by atoms with E-state index in [1.165, 1.54) is 0 Å². The molecule has 2 heterocycles. The minimum atomic E-state index is -0.0551. The number of hydrogen-bond donors (Lipinski definition) is 2. The molecular weight excluding hydrogens is 330 g/mol. The Balaban J connectivity index is 2.04. The molecule has 0 saturated carbocycles. The summed E-state index contributed by atoms with van der Waals surface area (Å²) in [4.78, 5) is 17.1. The molecule has 1 fully saturated rings. The Labute approximate surface area is 154 Å². The highest BCUT2D eigenvalue weighted by Gasteiger charge is 2.19. The standard InChI is InChI=1S/C20H27N3O3/c1-13-9-16(14(2)22-20(13)24)15-10-18(25-3)17(19(11-15)26-4)12-23-7-5-21-6-8-23/h9-11,21H,5-8,12H2,1-4H3,(H,22,24). The number of benzene rings is 1. The number of H-pyrrole nitrogens is 1. The Morgan fingerprint density at radius 2 is 1.65 bits per heavy atom. The van der Waals surface area contributed by atoms with E-state index in [9.17, 15) is 4.79 Å². The van der Waals surface area contributed by atoms with Crippen LogP contribution in [0.3, 0.4) is 0 Å². The van der Waals surface area contributed by atoms with Crippen LogP contribution in [0.5, 0.6) is 11.5 Å².